The van der Waals surface area contributed by atoms with Crippen molar-refractivity contribution in [2.24, 2.45) is 7.05 Å². The SMILES string of the molecule is [C-]#[N+]CS(=O)(=O)N1CC(c2ccc(N(C)c3cc4c(cn3)ncn4C)c(CC)c2)C1. The van der Waals surface area contributed by atoms with Crippen LogP contribution in [0.1, 0.15) is 24.0 Å². The molecular weight excluding hydrogens is 400 g/mol. The molecule has 3 aromatic rings. The Morgan fingerprint density at radius 1 is 1.27 bits per heavy atom. The minimum absolute atomic E-state index is 0.166. The van der Waals surface area contributed by atoms with Crippen molar-refractivity contribution in [2.45, 2.75) is 19.3 Å². The molecule has 3 heterocycles. The van der Waals surface area contributed by atoms with Gasteiger partial charge in [-0.25, -0.2) is 25.0 Å². The molecule has 1 aliphatic rings. The van der Waals surface area contributed by atoms with Crippen LogP contribution >= 0.6 is 0 Å². The van der Waals surface area contributed by atoms with Crippen LogP contribution in [-0.2, 0) is 23.5 Å². The molecule has 0 spiro atoms. The molecule has 30 heavy (non-hydrogen) atoms. The average Bonchev–Trinajstić information content (AvgIpc) is 3.06. The Labute approximate surface area is 176 Å². The molecule has 1 aliphatic heterocycles. The third kappa shape index (κ3) is 3.53. The molecule has 1 saturated heterocycles. The zero-order valence-corrected chi connectivity index (χ0v) is 18.1. The Morgan fingerprint density at radius 2 is 2.03 bits per heavy atom. The first-order valence-corrected chi connectivity index (χ1v) is 11.4. The van der Waals surface area contributed by atoms with Crippen LogP contribution in [0.4, 0.5) is 11.5 Å². The lowest BCUT2D eigenvalue weighted by Gasteiger charge is -2.37. The molecular formula is C21H24N6O2S. The molecule has 9 heteroatoms. The van der Waals surface area contributed by atoms with Gasteiger partial charge in [0.15, 0.2) is 0 Å². The molecule has 0 amide bonds. The first kappa shape index (κ1) is 20.3. The maximum absolute atomic E-state index is 12.0. The molecule has 0 unspecified atom stereocenters. The van der Waals surface area contributed by atoms with Gasteiger partial charge < -0.3 is 9.47 Å². The Morgan fingerprint density at radius 3 is 2.73 bits per heavy atom. The predicted octanol–water partition coefficient (Wildman–Crippen LogP) is 2.90. The van der Waals surface area contributed by atoms with Gasteiger partial charge in [-0.05, 0) is 23.6 Å². The molecule has 0 saturated carbocycles. The lowest BCUT2D eigenvalue weighted by atomic mass is 9.91. The van der Waals surface area contributed by atoms with Crippen LogP contribution in [0.15, 0.2) is 36.8 Å². The van der Waals surface area contributed by atoms with Crippen LogP contribution in [0.3, 0.4) is 0 Å². The van der Waals surface area contributed by atoms with Gasteiger partial charge in [-0.15, -0.1) is 0 Å². The first-order chi connectivity index (χ1) is 14.3. The number of aryl methyl sites for hydroxylation is 2. The molecule has 0 atom stereocenters. The van der Waals surface area contributed by atoms with Crippen LogP contribution in [-0.4, -0.2) is 53.3 Å². The van der Waals surface area contributed by atoms with Gasteiger partial charge in [-0.2, -0.15) is 4.31 Å². The summed E-state index contributed by atoms with van der Waals surface area (Å²) in [5.41, 5.74) is 5.28. The maximum Gasteiger partial charge on any atom is 0.325 e. The summed E-state index contributed by atoms with van der Waals surface area (Å²) in [5, 5.41) is 0. The van der Waals surface area contributed by atoms with Gasteiger partial charge >= 0.3 is 5.88 Å². The average molecular weight is 425 g/mol. The number of hydrogen-bond donors (Lipinski definition) is 0. The second kappa shape index (κ2) is 7.70. The van der Waals surface area contributed by atoms with E-state index in [-0.39, 0.29) is 5.92 Å². The van der Waals surface area contributed by atoms with Crippen LogP contribution in [0, 0.1) is 6.57 Å². The summed E-state index contributed by atoms with van der Waals surface area (Å²) in [7, 11) is 0.516. The van der Waals surface area contributed by atoms with E-state index < -0.39 is 15.9 Å². The number of pyridine rings is 1. The van der Waals surface area contributed by atoms with E-state index in [4.69, 9.17) is 6.57 Å². The van der Waals surface area contributed by atoms with E-state index in [1.54, 1.807) is 12.5 Å². The molecule has 4 rings (SSSR count). The normalized spacial score (nSPS) is 15.1. The smallest absolute Gasteiger partial charge is 0.325 e. The van der Waals surface area contributed by atoms with Crippen LogP contribution in [0.25, 0.3) is 15.9 Å². The second-order valence-electron chi connectivity index (χ2n) is 7.60. The lowest BCUT2D eigenvalue weighted by Crippen LogP contribution is -2.48. The zero-order chi connectivity index (χ0) is 21.5. The van der Waals surface area contributed by atoms with Crippen LogP contribution in [0.5, 0.6) is 0 Å². The van der Waals surface area contributed by atoms with E-state index in [0.717, 1.165) is 34.5 Å². The summed E-state index contributed by atoms with van der Waals surface area (Å²) in [4.78, 5) is 14.0. The van der Waals surface area contributed by atoms with Crippen molar-refractivity contribution in [2.75, 3.05) is 30.9 Å². The Hall–Kier alpha value is -2.96. The molecule has 8 nitrogen and oxygen atoms in total. The number of hydrogen-bond acceptors (Lipinski definition) is 5. The zero-order valence-electron chi connectivity index (χ0n) is 17.3. The van der Waals surface area contributed by atoms with E-state index in [0.29, 0.717) is 13.1 Å². The highest BCUT2D eigenvalue weighted by Crippen LogP contribution is 2.34. The number of benzene rings is 1. The number of imidazole rings is 1. The highest BCUT2D eigenvalue weighted by atomic mass is 32.2. The molecule has 1 fully saturated rings. The number of fused-ring (bicyclic) bond motifs is 1. The minimum atomic E-state index is -3.45. The predicted molar refractivity (Wildman–Crippen MR) is 117 cm³/mol. The van der Waals surface area contributed by atoms with Crippen molar-refractivity contribution in [1.29, 1.82) is 0 Å². The molecule has 0 N–H and O–H groups in total. The van der Waals surface area contributed by atoms with Crippen molar-refractivity contribution in [1.82, 2.24) is 18.8 Å². The molecule has 0 bridgehead atoms. The number of rotatable bonds is 6. The Kier molecular flexibility index (Phi) is 5.22. The fraction of sp³-hybridized carbons (Fsp3) is 0.381. The van der Waals surface area contributed by atoms with Crippen molar-refractivity contribution >= 4 is 32.6 Å². The summed E-state index contributed by atoms with van der Waals surface area (Å²) >= 11 is 0. The van der Waals surface area contributed by atoms with E-state index in [9.17, 15) is 8.42 Å². The number of aromatic nitrogens is 3. The molecule has 0 radical (unpaired) electrons. The van der Waals surface area contributed by atoms with Crippen LogP contribution in [0.2, 0.25) is 0 Å². The van der Waals surface area contributed by atoms with Crippen molar-refractivity contribution in [3.8, 4) is 0 Å². The maximum atomic E-state index is 12.0. The Balaban J connectivity index is 1.57. The summed E-state index contributed by atoms with van der Waals surface area (Å²) in [6.45, 7) is 9.80. The van der Waals surface area contributed by atoms with Gasteiger partial charge in [0, 0.05) is 44.9 Å². The highest BCUT2D eigenvalue weighted by Gasteiger charge is 2.38. The van der Waals surface area contributed by atoms with E-state index in [1.165, 1.54) is 9.87 Å². The van der Waals surface area contributed by atoms with Crippen molar-refractivity contribution in [3.05, 3.63) is 59.3 Å². The van der Waals surface area contributed by atoms with Gasteiger partial charge in [0.1, 0.15) is 11.3 Å². The van der Waals surface area contributed by atoms with E-state index in [2.05, 4.69) is 44.8 Å². The fourth-order valence-corrected chi connectivity index (χ4v) is 4.98. The third-order valence-electron chi connectivity index (χ3n) is 5.73. The van der Waals surface area contributed by atoms with Gasteiger partial charge in [-0.3, -0.25) is 4.85 Å². The number of sulfonamides is 1. The topological polar surface area (TPSA) is 75.7 Å². The minimum Gasteiger partial charge on any atom is -0.334 e. The molecule has 0 aliphatic carbocycles. The first-order valence-electron chi connectivity index (χ1n) is 9.78. The number of anilines is 2. The monoisotopic (exact) mass is 424 g/mol. The van der Waals surface area contributed by atoms with Gasteiger partial charge in [-0.1, -0.05) is 19.1 Å². The molecule has 2 aromatic heterocycles. The lowest BCUT2D eigenvalue weighted by molar-refractivity contribution is 0.265. The second-order valence-corrected chi connectivity index (χ2v) is 9.54. The van der Waals surface area contributed by atoms with E-state index >= 15 is 0 Å². The summed E-state index contributed by atoms with van der Waals surface area (Å²) in [6.07, 6.45) is 4.42. The Bertz CT molecular complexity index is 1240. The van der Waals surface area contributed by atoms with Crippen molar-refractivity contribution in [3.63, 3.8) is 0 Å². The highest BCUT2D eigenvalue weighted by molar-refractivity contribution is 7.89. The van der Waals surface area contributed by atoms with Gasteiger partial charge in [0.2, 0.25) is 0 Å². The van der Waals surface area contributed by atoms with Gasteiger partial charge in [0.25, 0.3) is 10.0 Å². The van der Waals surface area contributed by atoms with E-state index in [1.807, 2.05) is 24.7 Å². The number of nitrogens with zero attached hydrogens (tertiary/aromatic N) is 6. The summed E-state index contributed by atoms with van der Waals surface area (Å²) in [6, 6.07) is 8.34. The van der Waals surface area contributed by atoms with Gasteiger partial charge in [0.05, 0.1) is 18.0 Å². The molecule has 156 valence electrons. The largest absolute Gasteiger partial charge is 0.334 e. The summed E-state index contributed by atoms with van der Waals surface area (Å²) < 4.78 is 27.4. The molecule has 1 aromatic carbocycles. The van der Waals surface area contributed by atoms with Crippen molar-refractivity contribution < 1.29 is 8.42 Å². The quantitative estimate of drug-likeness (QED) is 0.569. The standard InChI is InChI=1S/C21H24N6O2S/c1-5-15-8-16(17-11-27(12-17)30(28,29)14-22-2)6-7-19(15)26(4)21-9-20-18(10-23-21)24-13-25(20)3/h6-10,13,17H,5,11-12,14H2,1,3-4H3. The fourth-order valence-electron chi connectivity index (χ4n) is 3.84. The third-order valence-corrected chi connectivity index (χ3v) is 7.27. The summed E-state index contributed by atoms with van der Waals surface area (Å²) in [5.74, 6) is 0.533. The van der Waals surface area contributed by atoms with Crippen LogP contribution < -0.4 is 4.90 Å².